The first-order valence-corrected chi connectivity index (χ1v) is 11.8. The molecule has 0 aliphatic rings. The lowest BCUT2D eigenvalue weighted by Crippen LogP contribution is -2.21. The fourth-order valence-corrected chi connectivity index (χ4v) is 4.03. The second kappa shape index (κ2) is 11.2. The number of thiophene rings is 1. The number of aromatic nitrogens is 5. The van der Waals surface area contributed by atoms with Crippen molar-refractivity contribution in [2.45, 2.75) is 27.7 Å². The topological polar surface area (TPSA) is 70.2 Å². The molecule has 5 nitrogen and oxygen atoms in total. The van der Waals surface area contributed by atoms with Crippen molar-refractivity contribution in [1.29, 1.82) is 0 Å². The number of aromatic amines is 2. The molecule has 0 amide bonds. The zero-order valence-corrected chi connectivity index (χ0v) is 20.3. The summed E-state index contributed by atoms with van der Waals surface area (Å²) < 4.78 is 0. The Morgan fingerprint density at radius 3 is 2.67 bits per heavy atom. The molecule has 4 rings (SSSR count). The highest BCUT2D eigenvalue weighted by atomic mass is 32.1. The Labute approximate surface area is 198 Å². The number of nitrogens with zero attached hydrogens (tertiary/aromatic N) is 3. The summed E-state index contributed by atoms with van der Waals surface area (Å²) in [6.45, 7) is 16.2. The summed E-state index contributed by atoms with van der Waals surface area (Å²) in [7, 11) is 0. The lowest BCUT2D eigenvalue weighted by atomic mass is 10.00. The maximum atomic E-state index is 4.51. The smallest absolute Gasteiger partial charge is 0.116 e. The largest absolute Gasteiger partial charge is 0.357 e. The van der Waals surface area contributed by atoms with E-state index in [4.69, 9.17) is 0 Å². The first kappa shape index (κ1) is 23.9. The van der Waals surface area contributed by atoms with Crippen LogP contribution >= 0.6 is 11.3 Å². The van der Waals surface area contributed by atoms with E-state index in [1.165, 1.54) is 5.56 Å². The Morgan fingerprint density at radius 1 is 1.18 bits per heavy atom. The lowest BCUT2D eigenvalue weighted by Gasteiger charge is -2.03. The predicted molar refractivity (Wildman–Crippen MR) is 141 cm³/mol. The minimum atomic E-state index is 0.800. The zero-order valence-electron chi connectivity index (χ0n) is 19.5. The normalized spacial score (nSPS) is 12.4. The summed E-state index contributed by atoms with van der Waals surface area (Å²) in [5.41, 5.74) is 8.07. The van der Waals surface area contributed by atoms with E-state index in [0.29, 0.717) is 0 Å². The molecule has 4 aromatic heterocycles. The van der Waals surface area contributed by atoms with E-state index in [9.17, 15) is 0 Å². The molecule has 0 aliphatic carbocycles. The number of aryl methyl sites for hydroxylation is 1. The van der Waals surface area contributed by atoms with Crippen LogP contribution < -0.4 is 10.6 Å². The number of hydrogen-bond donors (Lipinski definition) is 2. The Balaban J connectivity index is 0.00000149. The lowest BCUT2D eigenvalue weighted by molar-refractivity contribution is 1.06. The molecule has 6 heteroatoms. The molecule has 0 radical (unpaired) electrons. The van der Waals surface area contributed by atoms with Crippen LogP contribution in [0.5, 0.6) is 0 Å². The first-order valence-electron chi connectivity index (χ1n) is 10.8. The average Bonchev–Trinajstić information content (AvgIpc) is 3.59. The zero-order chi connectivity index (χ0) is 23.8. The van der Waals surface area contributed by atoms with Crippen LogP contribution in [0.2, 0.25) is 0 Å². The van der Waals surface area contributed by atoms with Gasteiger partial charge in [0.2, 0.25) is 0 Å². The average molecular weight is 456 g/mol. The first-order chi connectivity index (χ1) is 16.1. The van der Waals surface area contributed by atoms with Crippen molar-refractivity contribution >= 4 is 35.1 Å². The predicted octanol–water partition coefficient (Wildman–Crippen LogP) is 5.50. The quantitative estimate of drug-likeness (QED) is 0.377. The van der Waals surface area contributed by atoms with Gasteiger partial charge >= 0.3 is 0 Å². The van der Waals surface area contributed by atoms with Gasteiger partial charge < -0.3 is 4.98 Å². The highest BCUT2D eigenvalue weighted by molar-refractivity contribution is 7.08. The molecule has 4 aromatic rings. The van der Waals surface area contributed by atoms with Gasteiger partial charge in [-0.05, 0) is 59.5 Å². The van der Waals surface area contributed by atoms with Gasteiger partial charge in [0.15, 0.2) is 0 Å². The molecular weight excluding hydrogens is 426 g/mol. The third-order valence-corrected chi connectivity index (χ3v) is 5.73. The molecule has 4 heterocycles. The van der Waals surface area contributed by atoms with Crippen molar-refractivity contribution in [3.8, 4) is 11.4 Å². The molecule has 168 valence electrons. The molecular formula is C27H29N5S. The van der Waals surface area contributed by atoms with Crippen LogP contribution in [0.25, 0.3) is 35.2 Å². The Hall–Kier alpha value is -3.77. The van der Waals surface area contributed by atoms with Crippen LogP contribution in [0.4, 0.5) is 0 Å². The van der Waals surface area contributed by atoms with Crippen LogP contribution in [0.1, 0.15) is 43.3 Å². The van der Waals surface area contributed by atoms with Crippen LogP contribution in [0, 0.1) is 6.92 Å². The van der Waals surface area contributed by atoms with Gasteiger partial charge in [0.25, 0.3) is 0 Å². The highest BCUT2D eigenvalue weighted by Gasteiger charge is 2.14. The highest BCUT2D eigenvalue weighted by Crippen LogP contribution is 2.30. The van der Waals surface area contributed by atoms with E-state index in [-0.39, 0.29) is 0 Å². The Bertz CT molecular complexity index is 1370. The van der Waals surface area contributed by atoms with E-state index in [1.54, 1.807) is 29.9 Å². The maximum Gasteiger partial charge on any atom is 0.116 e. The van der Waals surface area contributed by atoms with Crippen molar-refractivity contribution in [1.82, 2.24) is 25.1 Å². The molecule has 2 N–H and O–H groups in total. The molecule has 0 unspecified atom stereocenters. The van der Waals surface area contributed by atoms with Gasteiger partial charge in [-0.2, -0.15) is 16.4 Å². The molecule has 0 aromatic carbocycles. The van der Waals surface area contributed by atoms with Gasteiger partial charge in [0.05, 0.1) is 22.9 Å². The fraction of sp³-hybridized carbons (Fsp3) is 0.148. The van der Waals surface area contributed by atoms with E-state index >= 15 is 0 Å². The summed E-state index contributed by atoms with van der Waals surface area (Å²) in [4.78, 5) is 11.9. The van der Waals surface area contributed by atoms with Crippen molar-refractivity contribution in [2.24, 2.45) is 0 Å². The molecule has 0 aliphatic heterocycles. The Kier molecular flexibility index (Phi) is 8.11. The second-order valence-corrected chi connectivity index (χ2v) is 7.90. The maximum absolute atomic E-state index is 4.51. The molecule has 0 fully saturated rings. The summed E-state index contributed by atoms with van der Waals surface area (Å²) in [5.74, 6) is 0. The molecule has 33 heavy (non-hydrogen) atoms. The summed E-state index contributed by atoms with van der Waals surface area (Å²) in [6, 6.07) is 4.24. The van der Waals surface area contributed by atoms with Crippen LogP contribution in [0.3, 0.4) is 0 Å². The number of hydrogen-bond acceptors (Lipinski definition) is 4. The summed E-state index contributed by atoms with van der Waals surface area (Å²) in [5, 5.41) is 13.5. The second-order valence-electron chi connectivity index (χ2n) is 7.12. The fourth-order valence-electron chi connectivity index (χ4n) is 3.38. The molecule has 0 saturated carbocycles. The van der Waals surface area contributed by atoms with Crippen molar-refractivity contribution in [3.05, 3.63) is 99.4 Å². The standard InChI is InChI=1S/C25H23N5S.C2H6/c1-5-6-20(19-9-12-31-15-19)21-13-23(28-18(21)4)25-17(3)22(29-30-25)8-7-16(2)24-14-26-10-11-27-24;1-2/h5-15,28-29H,1,3H2,2,4H3;1-2H3/b16-7+,20-6-,22-8+;. The van der Waals surface area contributed by atoms with Crippen LogP contribution in [-0.4, -0.2) is 25.1 Å². The Morgan fingerprint density at radius 2 is 2.00 bits per heavy atom. The van der Waals surface area contributed by atoms with E-state index in [2.05, 4.69) is 68.1 Å². The van der Waals surface area contributed by atoms with Gasteiger partial charge in [-0.1, -0.05) is 45.2 Å². The molecule has 0 spiro atoms. The molecule has 0 saturated heterocycles. The number of allylic oxidation sites excluding steroid dienone is 4. The van der Waals surface area contributed by atoms with Gasteiger partial charge in [0, 0.05) is 28.9 Å². The number of H-pyrrole nitrogens is 2. The van der Waals surface area contributed by atoms with Crippen molar-refractivity contribution in [2.75, 3.05) is 0 Å². The van der Waals surface area contributed by atoms with Gasteiger partial charge in [-0.25, -0.2) is 0 Å². The van der Waals surface area contributed by atoms with Gasteiger partial charge in [0.1, 0.15) is 5.69 Å². The monoisotopic (exact) mass is 455 g/mol. The van der Waals surface area contributed by atoms with E-state index in [0.717, 1.165) is 50.1 Å². The molecule has 0 bridgehead atoms. The summed E-state index contributed by atoms with van der Waals surface area (Å²) >= 11 is 1.68. The SMILES string of the molecule is C=C/C=C(/c1ccsc1)c1cc(-c2n[nH]/c(=C/C=C(\C)c3cnccn3)c2=C)[nH]c1C.CC. The van der Waals surface area contributed by atoms with E-state index < -0.39 is 0 Å². The third-order valence-electron chi connectivity index (χ3n) is 5.04. The minimum absolute atomic E-state index is 0.800. The van der Waals surface area contributed by atoms with Gasteiger partial charge in [-0.15, -0.1) is 0 Å². The number of nitrogens with one attached hydrogen (secondary N) is 2. The van der Waals surface area contributed by atoms with Crippen molar-refractivity contribution in [3.63, 3.8) is 0 Å². The summed E-state index contributed by atoms with van der Waals surface area (Å²) in [6.07, 6.45) is 12.9. The van der Waals surface area contributed by atoms with Crippen LogP contribution in [0.15, 0.2) is 66.3 Å². The number of rotatable bonds is 6. The van der Waals surface area contributed by atoms with E-state index in [1.807, 2.05) is 45.1 Å². The van der Waals surface area contributed by atoms with Gasteiger partial charge in [-0.3, -0.25) is 15.1 Å². The minimum Gasteiger partial charge on any atom is -0.357 e. The van der Waals surface area contributed by atoms with Crippen LogP contribution in [-0.2, 0) is 0 Å². The molecule has 0 atom stereocenters. The van der Waals surface area contributed by atoms with Crippen molar-refractivity contribution < 1.29 is 0 Å². The third kappa shape index (κ3) is 5.35.